The third-order valence-corrected chi connectivity index (χ3v) is 5.99. The Morgan fingerprint density at radius 2 is 1.67 bits per heavy atom. The first-order valence-corrected chi connectivity index (χ1v) is 10.5. The molecule has 3 aliphatic rings. The summed E-state index contributed by atoms with van der Waals surface area (Å²) in [5.74, 6) is 0.789. The molecule has 2 amide bonds. The van der Waals surface area contributed by atoms with Crippen LogP contribution in [0.3, 0.4) is 0 Å². The molecule has 0 spiro atoms. The van der Waals surface area contributed by atoms with Crippen molar-refractivity contribution in [1.82, 2.24) is 20.2 Å². The standard InChI is InChI=1S/C20H36N4O3/c1-13(2)10-16-19(25)23(15-6-8-22(5)9-7-15)12-18-21-27-17(11-14(3)4)20(26)24(16)18/h13-18,21H,6-12H2,1-5H3/t16-,17+,18?/m0/s1. The number of nitrogens with one attached hydrogen (secondary N) is 1. The largest absolute Gasteiger partial charge is 0.334 e. The lowest BCUT2D eigenvalue weighted by Crippen LogP contribution is -2.73. The molecule has 0 radical (unpaired) electrons. The molecule has 3 fully saturated rings. The van der Waals surface area contributed by atoms with Gasteiger partial charge >= 0.3 is 0 Å². The van der Waals surface area contributed by atoms with Crippen molar-refractivity contribution in [2.45, 2.75) is 77.7 Å². The van der Waals surface area contributed by atoms with Crippen LogP contribution in [0.2, 0.25) is 0 Å². The third-order valence-electron chi connectivity index (χ3n) is 5.99. The monoisotopic (exact) mass is 380 g/mol. The number of hydrogen-bond acceptors (Lipinski definition) is 5. The summed E-state index contributed by atoms with van der Waals surface area (Å²) in [6.45, 7) is 10.9. The van der Waals surface area contributed by atoms with Gasteiger partial charge < -0.3 is 14.7 Å². The summed E-state index contributed by atoms with van der Waals surface area (Å²) in [4.78, 5) is 38.4. The Labute approximate surface area is 163 Å². The summed E-state index contributed by atoms with van der Waals surface area (Å²) in [6.07, 6.45) is 2.60. The van der Waals surface area contributed by atoms with Crippen molar-refractivity contribution in [2.75, 3.05) is 26.7 Å². The predicted molar refractivity (Wildman–Crippen MR) is 104 cm³/mol. The maximum absolute atomic E-state index is 13.4. The van der Waals surface area contributed by atoms with Gasteiger partial charge in [0.15, 0.2) is 6.10 Å². The number of piperazine rings is 1. The van der Waals surface area contributed by atoms with Crippen molar-refractivity contribution in [3.8, 4) is 0 Å². The summed E-state index contributed by atoms with van der Waals surface area (Å²) in [5, 5.41) is 0. The lowest BCUT2D eigenvalue weighted by Gasteiger charge is -2.52. The molecule has 3 saturated heterocycles. The molecule has 0 aliphatic carbocycles. The molecule has 3 rings (SSSR count). The van der Waals surface area contributed by atoms with Crippen LogP contribution < -0.4 is 5.48 Å². The van der Waals surface area contributed by atoms with E-state index in [2.05, 4.69) is 45.1 Å². The van der Waals surface area contributed by atoms with Crippen LogP contribution in [0.1, 0.15) is 53.4 Å². The SMILES string of the molecule is CC(C)C[C@H]1ONC2CN(C3CCN(C)CC3)C(=O)[C@H](CC(C)C)N2C1=O. The molecule has 3 aliphatic heterocycles. The molecule has 7 heteroatoms. The third kappa shape index (κ3) is 4.46. The second-order valence-electron chi connectivity index (χ2n) is 9.29. The van der Waals surface area contributed by atoms with Crippen molar-refractivity contribution in [2.24, 2.45) is 11.8 Å². The number of amides is 2. The van der Waals surface area contributed by atoms with Gasteiger partial charge in [0.25, 0.3) is 5.91 Å². The molecular formula is C20H36N4O3. The fourth-order valence-corrected chi connectivity index (χ4v) is 4.54. The molecule has 0 aromatic rings. The number of carbonyl (C=O) groups excluding carboxylic acids is 2. The molecule has 1 unspecified atom stereocenters. The van der Waals surface area contributed by atoms with Crippen molar-refractivity contribution in [1.29, 1.82) is 0 Å². The molecule has 1 N–H and O–H groups in total. The number of rotatable bonds is 5. The van der Waals surface area contributed by atoms with Crippen LogP contribution in [-0.2, 0) is 14.4 Å². The van der Waals surface area contributed by atoms with Crippen LogP contribution in [0.4, 0.5) is 0 Å². The van der Waals surface area contributed by atoms with Crippen molar-refractivity contribution in [3.63, 3.8) is 0 Å². The smallest absolute Gasteiger partial charge is 0.255 e. The normalized spacial score (nSPS) is 31.1. The lowest BCUT2D eigenvalue weighted by molar-refractivity contribution is -0.201. The first-order valence-electron chi connectivity index (χ1n) is 10.5. The molecule has 154 valence electrons. The minimum absolute atomic E-state index is 0.0329. The highest BCUT2D eigenvalue weighted by molar-refractivity contribution is 5.91. The van der Waals surface area contributed by atoms with E-state index in [1.54, 1.807) is 4.90 Å². The summed E-state index contributed by atoms with van der Waals surface area (Å²) in [6, 6.07) is -0.127. The predicted octanol–water partition coefficient (Wildman–Crippen LogP) is 1.44. The Hall–Kier alpha value is -1.18. The average Bonchev–Trinajstić information content (AvgIpc) is 2.60. The summed E-state index contributed by atoms with van der Waals surface area (Å²) in [5.41, 5.74) is 3.11. The van der Waals surface area contributed by atoms with Gasteiger partial charge in [-0.15, -0.1) is 0 Å². The van der Waals surface area contributed by atoms with E-state index in [0.717, 1.165) is 25.9 Å². The Bertz CT molecular complexity index is 545. The fraction of sp³-hybridized carbons (Fsp3) is 0.900. The summed E-state index contributed by atoms with van der Waals surface area (Å²) >= 11 is 0. The van der Waals surface area contributed by atoms with E-state index < -0.39 is 6.10 Å². The van der Waals surface area contributed by atoms with Crippen LogP contribution >= 0.6 is 0 Å². The van der Waals surface area contributed by atoms with E-state index in [-0.39, 0.29) is 30.1 Å². The van der Waals surface area contributed by atoms with E-state index in [4.69, 9.17) is 4.84 Å². The number of nitrogens with zero attached hydrogens (tertiary/aromatic N) is 3. The number of hydrogen-bond donors (Lipinski definition) is 1. The van der Waals surface area contributed by atoms with Crippen LogP contribution in [0, 0.1) is 11.8 Å². The van der Waals surface area contributed by atoms with E-state index in [9.17, 15) is 9.59 Å². The molecule has 0 saturated carbocycles. The highest BCUT2D eigenvalue weighted by Crippen LogP contribution is 2.30. The van der Waals surface area contributed by atoms with E-state index in [0.29, 0.717) is 31.2 Å². The molecule has 0 aromatic carbocycles. The molecule has 3 heterocycles. The van der Waals surface area contributed by atoms with Gasteiger partial charge in [-0.25, -0.2) is 0 Å². The van der Waals surface area contributed by atoms with Crippen LogP contribution in [0.25, 0.3) is 0 Å². The van der Waals surface area contributed by atoms with Gasteiger partial charge in [0.2, 0.25) is 5.91 Å². The molecule has 7 nitrogen and oxygen atoms in total. The molecule has 27 heavy (non-hydrogen) atoms. The van der Waals surface area contributed by atoms with Gasteiger partial charge in [0.05, 0.1) is 6.54 Å². The van der Waals surface area contributed by atoms with Crippen molar-refractivity contribution in [3.05, 3.63) is 0 Å². The first-order chi connectivity index (χ1) is 12.8. The minimum Gasteiger partial charge on any atom is -0.334 e. The molecule has 0 bridgehead atoms. The number of likely N-dealkylation sites (tertiary alicyclic amines) is 1. The maximum atomic E-state index is 13.4. The van der Waals surface area contributed by atoms with E-state index in [1.165, 1.54) is 0 Å². The first kappa shape index (κ1) is 20.6. The van der Waals surface area contributed by atoms with Crippen molar-refractivity contribution < 1.29 is 14.4 Å². The van der Waals surface area contributed by atoms with E-state index >= 15 is 0 Å². The maximum Gasteiger partial charge on any atom is 0.255 e. The fourth-order valence-electron chi connectivity index (χ4n) is 4.54. The Morgan fingerprint density at radius 1 is 1.04 bits per heavy atom. The quantitative estimate of drug-likeness (QED) is 0.782. The summed E-state index contributed by atoms with van der Waals surface area (Å²) in [7, 11) is 2.13. The number of piperidine rings is 1. The summed E-state index contributed by atoms with van der Waals surface area (Å²) < 4.78 is 0. The number of fused-ring (bicyclic) bond motifs is 1. The second-order valence-corrected chi connectivity index (χ2v) is 9.29. The Kier molecular flexibility index (Phi) is 6.43. The minimum atomic E-state index is -0.501. The van der Waals surface area contributed by atoms with Crippen LogP contribution in [0.15, 0.2) is 0 Å². The second kappa shape index (κ2) is 8.45. The van der Waals surface area contributed by atoms with Gasteiger partial charge in [0, 0.05) is 6.04 Å². The average molecular weight is 381 g/mol. The van der Waals surface area contributed by atoms with E-state index in [1.807, 2.05) is 4.90 Å². The van der Waals surface area contributed by atoms with Crippen molar-refractivity contribution >= 4 is 11.8 Å². The van der Waals surface area contributed by atoms with Crippen LogP contribution in [-0.4, -0.2) is 77.5 Å². The topological polar surface area (TPSA) is 65.1 Å². The molecule has 0 aromatic heterocycles. The van der Waals surface area contributed by atoms with Gasteiger partial charge in [-0.2, -0.15) is 5.48 Å². The zero-order valence-electron chi connectivity index (χ0n) is 17.5. The highest BCUT2D eigenvalue weighted by atomic mass is 16.7. The Morgan fingerprint density at radius 3 is 2.26 bits per heavy atom. The highest BCUT2D eigenvalue weighted by Gasteiger charge is 2.49. The zero-order chi connectivity index (χ0) is 19.7. The van der Waals surface area contributed by atoms with Gasteiger partial charge in [-0.3, -0.25) is 14.4 Å². The molecular weight excluding hydrogens is 344 g/mol. The van der Waals surface area contributed by atoms with Crippen LogP contribution in [0.5, 0.6) is 0 Å². The number of carbonyl (C=O) groups is 2. The van der Waals surface area contributed by atoms with Gasteiger partial charge in [-0.05, 0) is 57.7 Å². The Balaban J connectivity index is 1.80. The number of hydroxylamine groups is 1. The molecule has 3 atom stereocenters. The lowest BCUT2D eigenvalue weighted by atomic mass is 9.93. The zero-order valence-corrected chi connectivity index (χ0v) is 17.5. The van der Waals surface area contributed by atoms with Gasteiger partial charge in [-0.1, -0.05) is 27.7 Å². The van der Waals surface area contributed by atoms with Gasteiger partial charge in [0.1, 0.15) is 12.2 Å².